The summed E-state index contributed by atoms with van der Waals surface area (Å²) >= 11 is 0. The third-order valence-electron chi connectivity index (χ3n) is 3.37. The molecule has 0 aliphatic carbocycles. The summed E-state index contributed by atoms with van der Waals surface area (Å²) in [5.41, 5.74) is 7.58. The van der Waals surface area contributed by atoms with E-state index in [9.17, 15) is 4.79 Å². The first-order valence-electron chi connectivity index (χ1n) is 5.94. The highest BCUT2D eigenvalue weighted by Crippen LogP contribution is 2.32. The van der Waals surface area contributed by atoms with Gasteiger partial charge in [0.15, 0.2) is 5.84 Å². The summed E-state index contributed by atoms with van der Waals surface area (Å²) in [6.07, 6.45) is 0.838. The first kappa shape index (κ1) is 12.4. The number of anilines is 1. The number of hydrogen-bond donors (Lipinski definition) is 2. The zero-order chi connectivity index (χ0) is 13.3. The number of amidine groups is 1. The molecule has 0 saturated carbocycles. The summed E-state index contributed by atoms with van der Waals surface area (Å²) < 4.78 is 0. The Hall–Kier alpha value is -2.04. The third kappa shape index (κ3) is 1.92. The summed E-state index contributed by atoms with van der Waals surface area (Å²) in [5, 5.41) is 11.6. The van der Waals surface area contributed by atoms with Crippen LogP contribution in [0.25, 0.3) is 0 Å². The average molecular weight is 247 g/mol. The number of amides is 1. The van der Waals surface area contributed by atoms with Crippen LogP contribution in [-0.4, -0.2) is 23.0 Å². The third-order valence-corrected chi connectivity index (χ3v) is 3.37. The van der Waals surface area contributed by atoms with Crippen LogP contribution in [0.2, 0.25) is 0 Å². The number of hydrogen-bond acceptors (Lipinski definition) is 3. The number of carbonyl (C=O) groups is 1. The molecule has 0 spiro atoms. The SMILES string of the molecule is CC(C(=O)N1c2ccccc2CC1C)C(N)=NO. The Balaban J connectivity index is 2.32. The van der Waals surface area contributed by atoms with Gasteiger partial charge in [-0.25, -0.2) is 0 Å². The number of nitrogens with two attached hydrogens (primary N) is 1. The monoisotopic (exact) mass is 247 g/mol. The zero-order valence-corrected chi connectivity index (χ0v) is 10.5. The van der Waals surface area contributed by atoms with Crippen LogP contribution >= 0.6 is 0 Å². The number of para-hydroxylation sites is 1. The quantitative estimate of drug-likeness (QED) is 0.358. The molecule has 0 aromatic heterocycles. The van der Waals surface area contributed by atoms with Crippen LogP contribution in [0, 0.1) is 5.92 Å². The predicted molar refractivity (Wildman–Crippen MR) is 69.7 cm³/mol. The zero-order valence-electron chi connectivity index (χ0n) is 10.5. The van der Waals surface area contributed by atoms with Crippen LogP contribution in [0.3, 0.4) is 0 Å². The average Bonchev–Trinajstić information content (AvgIpc) is 2.71. The van der Waals surface area contributed by atoms with Gasteiger partial charge >= 0.3 is 0 Å². The van der Waals surface area contributed by atoms with Crippen molar-refractivity contribution in [3.8, 4) is 0 Å². The molecule has 0 bridgehead atoms. The topological polar surface area (TPSA) is 78.9 Å². The predicted octanol–water partition coefficient (Wildman–Crippen LogP) is 1.35. The van der Waals surface area contributed by atoms with Gasteiger partial charge in [-0.15, -0.1) is 0 Å². The number of carbonyl (C=O) groups excluding carboxylic acids is 1. The van der Waals surface area contributed by atoms with Crippen molar-refractivity contribution in [2.45, 2.75) is 26.3 Å². The summed E-state index contributed by atoms with van der Waals surface area (Å²) in [4.78, 5) is 14.1. The van der Waals surface area contributed by atoms with Crippen LogP contribution in [0.5, 0.6) is 0 Å². The van der Waals surface area contributed by atoms with Crippen molar-refractivity contribution in [2.24, 2.45) is 16.8 Å². The highest BCUT2D eigenvalue weighted by Gasteiger charge is 2.34. The van der Waals surface area contributed by atoms with Crippen LogP contribution in [0.1, 0.15) is 19.4 Å². The molecular formula is C13H17N3O2. The molecule has 1 aromatic carbocycles. The molecule has 0 saturated heterocycles. The summed E-state index contributed by atoms with van der Waals surface area (Å²) in [5.74, 6) is -0.817. The molecule has 5 nitrogen and oxygen atoms in total. The van der Waals surface area contributed by atoms with Crippen molar-refractivity contribution >= 4 is 17.4 Å². The van der Waals surface area contributed by atoms with E-state index in [1.54, 1.807) is 11.8 Å². The van der Waals surface area contributed by atoms with Gasteiger partial charge in [0.1, 0.15) is 0 Å². The van der Waals surface area contributed by atoms with E-state index >= 15 is 0 Å². The van der Waals surface area contributed by atoms with Crippen molar-refractivity contribution in [3.05, 3.63) is 29.8 Å². The van der Waals surface area contributed by atoms with Gasteiger partial charge in [-0.1, -0.05) is 23.4 Å². The fraction of sp³-hybridized carbons (Fsp3) is 0.385. The lowest BCUT2D eigenvalue weighted by atomic mass is 10.1. The lowest BCUT2D eigenvalue weighted by Gasteiger charge is -2.25. The molecule has 0 radical (unpaired) electrons. The number of rotatable bonds is 2. The highest BCUT2D eigenvalue weighted by atomic mass is 16.4. The van der Waals surface area contributed by atoms with Crippen molar-refractivity contribution < 1.29 is 10.0 Å². The molecule has 96 valence electrons. The molecule has 1 aliphatic heterocycles. The van der Waals surface area contributed by atoms with Gasteiger partial charge in [0.05, 0.1) is 5.92 Å². The molecule has 1 aliphatic rings. The van der Waals surface area contributed by atoms with E-state index in [0.717, 1.165) is 17.7 Å². The second-order valence-corrected chi connectivity index (χ2v) is 4.64. The van der Waals surface area contributed by atoms with E-state index in [4.69, 9.17) is 10.9 Å². The lowest BCUT2D eigenvalue weighted by Crippen LogP contribution is -2.43. The van der Waals surface area contributed by atoms with Gasteiger partial charge in [0, 0.05) is 11.7 Å². The Labute approximate surface area is 106 Å². The van der Waals surface area contributed by atoms with E-state index in [2.05, 4.69) is 5.16 Å². The largest absolute Gasteiger partial charge is 0.409 e. The Kier molecular flexibility index (Phi) is 3.23. The molecule has 0 fully saturated rings. The van der Waals surface area contributed by atoms with Crippen LogP contribution in [-0.2, 0) is 11.2 Å². The van der Waals surface area contributed by atoms with Crippen LogP contribution in [0.4, 0.5) is 5.69 Å². The normalized spacial score (nSPS) is 20.7. The van der Waals surface area contributed by atoms with E-state index in [0.29, 0.717) is 0 Å². The van der Waals surface area contributed by atoms with E-state index in [1.807, 2.05) is 31.2 Å². The Morgan fingerprint density at radius 3 is 2.89 bits per heavy atom. The molecule has 2 atom stereocenters. The second kappa shape index (κ2) is 4.68. The maximum Gasteiger partial charge on any atom is 0.237 e. The fourth-order valence-corrected chi connectivity index (χ4v) is 2.32. The Bertz CT molecular complexity index is 499. The van der Waals surface area contributed by atoms with Crippen LogP contribution in [0.15, 0.2) is 29.4 Å². The van der Waals surface area contributed by atoms with Crippen molar-refractivity contribution in [2.75, 3.05) is 4.90 Å². The Morgan fingerprint density at radius 1 is 1.56 bits per heavy atom. The number of fused-ring (bicyclic) bond motifs is 1. The minimum Gasteiger partial charge on any atom is -0.409 e. The van der Waals surface area contributed by atoms with Crippen molar-refractivity contribution in [1.82, 2.24) is 0 Å². The van der Waals surface area contributed by atoms with E-state index in [1.165, 1.54) is 0 Å². The molecule has 2 rings (SSSR count). The number of benzene rings is 1. The molecule has 1 aromatic rings. The van der Waals surface area contributed by atoms with Gasteiger partial charge in [0.25, 0.3) is 0 Å². The molecular weight excluding hydrogens is 230 g/mol. The maximum absolute atomic E-state index is 12.4. The van der Waals surface area contributed by atoms with Crippen molar-refractivity contribution in [3.63, 3.8) is 0 Å². The fourth-order valence-electron chi connectivity index (χ4n) is 2.32. The molecule has 1 heterocycles. The van der Waals surface area contributed by atoms with Crippen LogP contribution < -0.4 is 10.6 Å². The number of oxime groups is 1. The molecule has 3 N–H and O–H groups in total. The van der Waals surface area contributed by atoms with Gasteiger partial charge < -0.3 is 15.8 Å². The highest BCUT2D eigenvalue weighted by molar-refractivity contribution is 6.09. The summed E-state index contributed by atoms with van der Waals surface area (Å²) in [6.45, 7) is 3.64. The minimum atomic E-state index is -0.622. The van der Waals surface area contributed by atoms with E-state index < -0.39 is 5.92 Å². The minimum absolute atomic E-state index is 0.0587. The molecule has 1 amide bonds. The van der Waals surface area contributed by atoms with Gasteiger partial charge in [-0.2, -0.15) is 0 Å². The first-order valence-corrected chi connectivity index (χ1v) is 5.94. The van der Waals surface area contributed by atoms with Crippen molar-refractivity contribution in [1.29, 1.82) is 0 Å². The summed E-state index contributed by atoms with van der Waals surface area (Å²) in [6, 6.07) is 7.92. The molecule has 18 heavy (non-hydrogen) atoms. The molecule has 5 heteroatoms. The van der Waals surface area contributed by atoms with Gasteiger partial charge in [-0.05, 0) is 31.9 Å². The standard InChI is InChI=1S/C13H17N3O2/c1-8-7-10-5-3-4-6-11(10)16(8)13(17)9(2)12(14)15-18/h3-6,8-9,18H,7H2,1-2H3,(H2,14,15). The second-order valence-electron chi connectivity index (χ2n) is 4.64. The van der Waals surface area contributed by atoms with Gasteiger partial charge in [0.2, 0.25) is 5.91 Å². The van der Waals surface area contributed by atoms with E-state index in [-0.39, 0.29) is 17.8 Å². The summed E-state index contributed by atoms with van der Waals surface area (Å²) in [7, 11) is 0. The number of nitrogens with zero attached hydrogens (tertiary/aromatic N) is 2. The smallest absolute Gasteiger partial charge is 0.237 e. The van der Waals surface area contributed by atoms with Gasteiger partial charge in [-0.3, -0.25) is 4.79 Å². The first-order chi connectivity index (χ1) is 8.56. The lowest BCUT2D eigenvalue weighted by molar-refractivity contribution is -0.120. The Morgan fingerprint density at radius 2 is 2.22 bits per heavy atom. The molecule has 2 unspecified atom stereocenters. The maximum atomic E-state index is 12.4.